The fraction of sp³-hybridized carbons (Fsp3) is 0.727. The van der Waals surface area contributed by atoms with Gasteiger partial charge in [-0.3, -0.25) is 0 Å². The molecule has 1 aromatic carbocycles. The molecule has 0 amide bonds. The van der Waals surface area contributed by atoms with Crippen molar-refractivity contribution < 1.29 is 0 Å². The summed E-state index contributed by atoms with van der Waals surface area (Å²) in [5, 5.41) is 0. The molecule has 2 heteroatoms. The van der Waals surface area contributed by atoms with Crippen LogP contribution in [0, 0.1) is 6.92 Å². The Morgan fingerprint density at radius 1 is 1.17 bits per heavy atom. The molecule has 0 radical (unpaired) electrons. The van der Waals surface area contributed by atoms with Crippen molar-refractivity contribution in [2.45, 2.75) is 97.6 Å². The average Bonchev–Trinajstić information content (AvgIpc) is 2.60. The Morgan fingerprint density at radius 3 is 2.33 bits per heavy atom. The minimum absolute atomic E-state index is 0.536. The number of unbranched alkanes of at least 4 members (excludes halogenated alkanes) is 1. The van der Waals surface area contributed by atoms with Gasteiger partial charge in [0.25, 0.3) is 0 Å². The smallest absolute Gasteiger partial charge is 0.0428 e. The molecule has 2 N–H and O–H groups in total. The quantitative estimate of drug-likeness (QED) is 0.708. The number of aryl methyl sites for hydroxylation is 2. The van der Waals surface area contributed by atoms with Gasteiger partial charge >= 0.3 is 0 Å². The third-order valence-corrected chi connectivity index (χ3v) is 5.38. The van der Waals surface area contributed by atoms with E-state index in [0.29, 0.717) is 12.1 Å². The van der Waals surface area contributed by atoms with Crippen LogP contribution >= 0.6 is 0 Å². The lowest BCUT2D eigenvalue weighted by molar-refractivity contribution is 0.441. The first-order chi connectivity index (χ1) is 11.5. The molecule has 1 aromatic rings. The van der Waals surface area contributed by atoms with Crippen molar-refractivity contribution in [3.8, 4) is 0 Å². The molecule has 1 saturated carbocycles. The summed E-state index contributed by atoms with van der Waals surface area (Å²) >= 11 is 0. The molecule has 1 aliphatic rings. The molecule has 0 bridgehead atoms. The van der Waals surface area contributed by atoms with Crippen molar-refractivity contribution in [1.82, 2.24) is 0 Å². The van der Waals surface area contributed by atoms with Gasteiger partial charge in [0.1, 0.15) is 0 Å². The van der Waals surface area contributed by atoms with Crippen LogP contribution in [-0.2, 0) is 6.42 Å². The van der Waals surface area contributed by atoms with Crippen LogP contribution in [-0.4, -0.2) is 19.1 Å². The predicted molar refractivity (Wildman–Crippen MR) is 109 cm³/mol. The molecule has 1 fully saturated rings. The molecule has 0 heterocycles. The lowest BCUT2D eigenvalue weighted by atomic mass is 9.97. The molecule has 1 aliphatic carbocycles. The predicted octanol–water partition coefficient (Wildman–Crippen LogP) is 5.85. The second-order valence-electron chi connectivity index (χ2n) is 7.45. The normalized spacial score (nSPS) is 16.2. The van der Waals surface area contributed by atoms with Gasteiger partial charge in [0.05, 0.1) is 0 Å². The Morgan fingerprint density at radius 2 is 1.83 bits per heavy atom. The van der Waals surface area contributed by atoms with E-state index >= 15 is 0 Å². The molecule has 0 saturated heterocycles. The van der Waals surface area contributed by atoms with E-state index in [1.54, 1.807) is 0 Å². The molecule has 2 rings (SSSR count). The molecular formula is C22H40N2. The summed E-state index contributed by atoms with van der Waals surface area (Å²) < 4.78 is 0. The van der Waals surface area contributed by atoms with Gasteiger partial charge in [0, 0.05) is 24.8 Å². The van der Waals surface area contributed by atoms with Crippen LogP contribution in [0.4, 0.5) is 5.69 Å². The first-order valence-corrected chi connectivity index (χ1v) is 10.1. The second-order valence-corrected chi connectivity index (χ2v) is 7.45. The van der Waals surface area contributed by atoms with Gasteiger partial charge in [-0.1, -0.05) is 57.7 Å². The van der Waals surface area contributed by atoms with Crippen LogP contribution in [0.1, 0.15) is 83.3 Å². The minimum Gasteiger partial charge on any atom is -0.371 e. The summed E-state index contributed by atoms with van der Waals surface area (Å²) in [7, 11) is 2.23. The summed E-state index contributed by atoms with van der Waals surface area (Å²) in [5.41, 5.74) is 10.0. The number of anilines is 1. The Balaban J connectivity index is 0.000000341. The highest BCUT2D eigenvalue weighted by Crippen LogP contribution is 2.27. The number of para-hydroxylation sites is 1. The molecule has 1 atom stereocenters. The molecule has 2 nitrogen and oxygen atoms in total. The number of nitrogens with two attached hydrogens (primary N) is 1. The van der Waals surface area contributed by atoms with Crippen LogP contribution in [0.3, 0.4) is 0 Å². The van der Waals surface area contributed by atoms with E-state index in [1.807, 2.05) is 0 Å². The van der Waals surface area contributed by atoms with Crippen molar-refractivity contribution >= 4 is 5.69 Å². The third-order valence-electron chi connectivity index (χ3n) is 5.38. The van der Waals surface area contributed by atoms with E-state index in [1.165, 1.54) is 74.6 Å². The molecule has 0 aliphatic heterocycles. The Kier molecular flexibility index (Phi) is 10.1. The van der Waals surface area contributed by atoms with E-state index in [-0.39, 0.29) is 0 Å². The lowest BCUT2D eigenvalue weighted by Gasteiger charge is -2.30. The molecule has 138 valence electrons. The average molecular weight is 333 g/mol. The van der Waals surface area contributed by atoms with E-state index in [0.717, 1.165) is 0 Å². The standard InChI is InChI=1S/C16H27N.C6H13N/c1-6-8-11-15-12-9-10-13(3)16(15)17(5)14(4)7-2;7-6-4-2-1-3-5-6/h9-10,12,14H,6-8,11H2,1-5H3;6H,1-5,7H2. The zero-order valence-corrected chi connectivity index (χ0v) is 16.8. The highest BCUT2D eigenvalue weighted by atomic mass is 15.1. The SMILES string of the molecule is CCCCc1cccc(C)c1N(C)C(C)CC.NC1CCCCC1. The Labute approximate surface area is 150 Å². The third kappa shape index (κ3) is 6.84. The maximum Gasteiger partial charge on any atom is 0.0428 e. The highest BCUT2D eigenvalue weighted by Gasteiger charge is 2.14. The van der Waals surface area contributed by atoms with Crippen LogP contribution in [0.25, 0.3) is 0 Å². The second kappa shape index (κ2) is 11.5. The summed E-state index contributed by atoms with van der Waals surface area (Å²) in [6, 6.07) is 7.85. The van der Waals surface area contributed by atoms with Crippen molar-refractivity contribution in [3.63, 3.8) is 0 Å². The minimum atomic E-state index is 0.536. The van der Waals surface area contributed by atoms with Gasteiger partial charge < -0.3 is 10.6 Å². The fourth-order valence-corrected chi connectivity index (χ4v) is 3.42. The topological polar surface area (TPSA) is 29.3 Å². The largest absolute Gasteiger partial charge is 0.371 e. The van der Waals surface area contributed by atoms with Gasteiger partial charge in [0.2, 0.25) is 0 Å². The Bertz CT molecular complexity index is 449. The molecule has 0 spiro atoms. The van der Waals surface area contributed by atoms with Gasteiger partial charge in [-0.25, -0.2) is 0 Å². The van der Waals surface area contributed by atoms with Gasteiger partial charge in [-0.05, 0) is 57.1 Å². The van der Waals surface area contributed by atoms with E-state index in [9.17, 15) is 0 Å². The number of nitrogens with zero attached hydrogens (tertiary/aromatic N) is 1. The van der Waals surface area contributed by atoms with Crippen LogP contribution in [0.2, 0.25) is 0 Å². The number of hydrogen-bond acceptors (Lipinski definition) is 2. The van der Waals surface area contributed by atoms with Crippen LogP contribution < -0.4 is 10.6 Å². The first kappa shape index (κ1) is 21.0. The summed E-state index contributed by atoms with van der Waals surface area (Å²) in [6.07, 6.45) is 11.6. The number of rotatable bonds is 6. The molecule has 0 aromatic heterocycles. The molecule has 1 unspecified atom stereocenters. The van der Waals surface area contributed by atoms with Crippen molar-refractivity contribution in [2.24, 2.45) is 5.73 Å². The van der Waals surface area contributed by atoms with Gasteiger partial charge in [-0.2, -0.15) is 0 Å². The maximum absolute atomic E-state index is 5.63. The summed E-state index contributed by atoms with van der Waals surface area (Å²) in [6.45, 7) is 9.04. The fourth-order valence-electron chi connectivity index (χ4n) is 3.42. The molecule has 24 heavy (non-hydrogen) atoms. The highest BCUT2D eigenvalue weighted by molar-refractivity contribution is 5.59. The van der Waals surface area contributed by atoms with Crippen molar-refractivity contribution in [3.05, 3.63) is 29.3 Å². The zero-order valence-electron chi connectivity index (χ0n) is 16.8. The van der Waals surface area contributed by atoms with Crippen LogP contribution in [0.5, 0.6) is 0 Å². The molecular weight excluding hydrogens is 292 g/mol. The monoisotopic (exact) mass is 332 g/mol. The van der Waals surface area contributed by atoms with Gasteiger partial charge in [-0.15, -0.1) is 0 Å². The van der Waals surface area contributed by atoms with Gasteiger partial charge in [0.15, 0.2) is 0 Å². The first-order valence-electron chi connectivity index (χ1n) is 10.1. The number of hydrogen-bond donors (Lipinski definition) is 1. The van der Waals surface area contributed by atoms with E-state index in [2.05, 4.69) is 57.8 Å². The van der Waals surface area contributed by atoms with E-state index < -0.39 is 0 Å². The summed E-state index contributed by atoms with van der Waals surface area (Å²) in [5.74, 6) is 0. The van der Waals surface area contributed by atoms with Crippen molar-refractivity contribution in [2.75, 3.05) is 11.9 Å². The van der Waals surface area contributed by atoms with Crippen LogP contribution in [0.15, 0.2) is 18.2 Å². The lowest BCUT2D eigenvalue weighted by Crippen LogP contribution is -2.29. The number of benzene rings is 1. The Hall–Kier alpha value is -1.02. The summed E-state index contributed by atoms with van der Waals surface area (Å²) in [4.78, 5) is 2.44. The zero-order chi connectivity index (χ0) is 17.9. The maximum atomic E-state index is 5.63. The van der Waals surface area contributed by atoms with E-state index in [4.69, 9.17) is 5.73 Å². The van der Waals surface area contributed by atoms with Crippen molar-refractivity contribution in [1.29, 1.82) is 0 Å².